The Balaban J connectivity index is 1.93. The molecule has 0 unspecified atom stereocenters. The van der Waals surface area contributed by atoms with Crippen LogP contribution >= 0.6 is 0 Å². The molecule has 1 aliphatic heterocycles. The molecule has 2 aromatic carbocycles. The molecule has 0 aliphatic carbocycles. The van der Waals surface area contributed by atoms with E-state index in [2.05, 4.69) is 10.2 Å². The SMILES string of the molecule is Nc1cc(N2CCCNCC2)ccc1S(=O)(=O)c1ccccc1. The number of hydrogen-bond acceptors (Lipinski definition) is 5. The first-order valence-corrected chi connectivity index (χ1v) is 9.23. The topological polar surface area (TPSA) is 75.4 Å². The summed E-state index contributed by atoms with van der Waals surface area (Å²) >= 11 is 0. The highest BCUT2D eigenvalue weighted by Crippen LogP contribution is 2.29. The number of sulfone groups is 1. The zero-order valence-corrected chi connectivity index (χ0v) is 13.7. The first kappa shape index (κ1) is 15.8. The number of anilines is 2. The predicted octanol–water partition coefficient (Wildman–Crippen LogP) is 1.90. The van der Waals surface area contributed by atoms with Crippen LogP contribution in [0.4, 0.5) is 11.4 Å². The summed E-state index contributed by atoms with van der Waals surface area (Å²) < 4.78 is 25.4. The second kappa shape index (κ2) is 6.60. The van der Waals surface area contributed by atoms with Gasteiger partial charge in [0.15, 0.2) is 0 Å². The largest absolute Gasteiger partial charge is 0.398 e. The van der Waals surface area contributed by atoms with Gasteiger partial charge in [0, 0.05) is 25.3 Å². The number of nitrogen functional groups attached to an aromatic ring is 1. The molecule has 1 saturated heterocycles. The van der Waals surface area contributed by atoms with E-state index in [9.17, 15) is 8.42 Å². The van der Waals surface area contributed by atoms with E-state index in [1.807, 2.05) is 6.07 Å². The van der Waals surface area contributed by atoms with E-state index < -0.39 is 9.84 Å². The van der Waals surface area contributed by atoms with Gasteiger partial charge in [-0.3, -0.25) is 0 Å². The molecule has 6 heteroatoms. The molecule has 23 heavy (non-hydrogen) atoms. The van der Waals surface area contributed by atoms with E-state index in [1.165, 1.54) is 0 Å². The van der Waals surface area contributed by atoms with Gasteiger partial charge < -0.3 is 16.0 Å². The van der Waals surface area contributed by atoms with Gasteiger partial charge in [0.1, 0.15) is 0 Å². The fourth-order valence-electron chi connectivity index (χ4n) is 2.81. The highest BCUT2D eigenvalue weighted by molar-refractivity contribution is 7.91. The smallest absolute Gasteiger partial charge is 0.208 e. The van der Waals surface area contributed by atoms with Crippen LogP contribution in [0.3, 0.4) is 0 Å². The summed E-state index contributed by atoms with van der Waals surface area (Å²) in [5, 5.41) is 3.35. The third-order valence-corrected chi connectivity index (χ3v) is 5.89. The number of nitrogens with one attached hydrogen (secondary N) is 1. The zero-order chi connectivity index (χ0) is 16.3. The molecular weight excluding hydrogens is 310 g/mol. The van der Waals surface area contributed by atoms with Crippen molar-refractivity contribution in [2.75, 3.05) is 36.8 Å². The second-order valence-corrected chi connectivity index (χ2v) is 7.55. The van der Waals surface area contributed by atoms with Gasteiger partial charge in [-0.1, -0.05) is 18.2 Å². The van der Waals surface area contributed by atoms with Crippen LogP contribution in [0.15, 0.2) is 58.3 Å². The summed E-state index contributed by atoms with van der Waals surface area (Å²) in [6.45, 7) is 3.76. The quantitative estimate of drug-likeness (QED) is 0.840. The Labute approximate surface area is 137 Å². The predicted molar refractivity (Wildman–Crippen MR) is 92.4 cm³/mol. The third kappa shape index (κ3) is 3.33. The molecule has 1 fully saturated rings. The molecule has 122 valence electrons. The maximum atomic E-state index is 12.7. The Hall–Kier alpha value is -2.05. The summed E-state index contributed by atoms with van der Waals surface area (Å²) in [5.74, 6) is 0. The number of hydrogen-bond donors (Lipinski definition) is 2. The Morgan fingerprint density at radius 3 is 2.52 bits per heavy atom. The lowest BCUT2D eigenvalue weighted by Crippen LogP contribution is -2.27. The minimum Gasteiger partial charge on any atom is -0.398 e. The van der Waals surface area contributed by atoms with Crippen molar-refractivity contribution in [3.8, 4) is 0 Å². The molecule has 0 saturated carbocycles. The molecule has 1 aliphatic rings. The lowest BCUT2D eigenvalue weighted by molar-refractivity contribution is 0.596. The highest BCUT2D eigenvalue weighted by atomic mass is 32.2. The third-order valence-electron chi connectivity index (χ3n) is 4.04. The number of nitrogens with zero attached hydrogens (tertiary/aromatic N) is 1. The fraction of sp³-hybridized carbons (Fsp3) is 0.294. The normalized spacial score (nSPS) is 16.1. The highest BCUT2D eigenvalue weighted by Gasteiger charge is 2.21. The van der Waals surface area contributed by atoms with Gasteiger partial charge in [0.25, 0.3) is 0 Å². The van der Waals surface area contributed by atoms with Gasteiger partial charge >= 0.3 is 0 Å². The molecule has 0 amide bonds. The summed E-state index contributed by atoms with van der Waals surface area (Å²) in [5.41, 5.74) is 7.33. The fourth-order valence-corrected chi connectivity index (χ4v) is 4.19. The van der Waals surface area contributed by atoms with Crippen molar-refractivity contribution in [1.82, 2.24) is 5.32 Å². The van der Waals surface area contributed by atoms with Gasteiger partial charge in [-0.2, -0.15) is 0 Å². The minimum atomic E-state index is -3.58. The molecule has 0 atom stereocenters. The van der Waals surface area contributed by atoms with Crippen LogP contribution in [-0.2, 0) is 9.84 Å². The molecule has 0 aromatic heterocycles. The average molecular weight is 331 g/mol. The molecule has 5 nitrogen and oxygen atoms in total. The van der Waals surface area contributed by atoms with Crippen LogP contribution in [0.2, 0.25) is 0 Å². The number of benzene rings is 2. The first-order valence-electron chi connectivity index (χ1n) is 7.74. The van der Waals surface area contributed by atoms with Crippen molar-refractivity contribution < 1.29 is 8.42 Å². The summed E-state index contributed by atoms with van der Waals surface area (Å²) in [6, 6.07) is 13.6. The van der Waals surface area contributed by atoms with Crippen LogP contribution in [0.25, 0.3) is 0 Å². The van der Waals surface area contributed by atoms with Crippen molar-refractivity contribution in [3.63, 3.8) is 0 Å². The monoisotopic (exact) mass is 331 g/mol. The van der Waals surface area contributed by atoms with Crippen molar-refractivity contribution in [2.24, 2.45) is 0 Å². The maximum absolute atomic E-state index is 12.7. The van der Waals surface area contributed by atoms with E-state index >= 15 is 0 Å². The van der Waals surface area contributed by atoms with Crippen LogP contribution in [0.1, 0.15) is 6.42 Å². The Kier molecular flexibility index (Phi) is 4.54. The van der Waals surface area contributed by atoms with Crippen molar-refractivity contribution >= 4 is 21.2 Å². The Morgan fingerprint density at radius 1 is 1.00 bits per heavy atom. The lowest BCUT2D eigenvalue weighted by Gasteiger charge is -2.23. The van der Waals surface area contributed by atoms with Gasteiger partial charge in [0.05, 0.1) is 15.5 Å². The standard InChI is InChI=1S/C17H21N3O2S/c18-16-13-14(20-11-4-9-19-10-12-20)7-8-17(16)23(21,22)15-5-2-1-3-6-15/h1-3,5-8,13,19H,4,9-12,18H2. The van der Waals surface area contributed by atoms with Crippen molar-refractivity contribution in [2.45, 2.75) is 16.2 Å². The van der Waals surface area contributed by atoms with Gasteiger partial charge in [-0.25, -0.2) is 8.42 Å². The molecule has 3 rings (SSSR count). The van der Waals surface area contributed by atoms with Crippen LogP contribution in [0, 0.1) is 0 Å². The summed E-state index contributed by atoms with van der Waals surface area (Å²) in [7, 11) is -3.58. The number of nitrogens with two attached hydrogens (primary N) is 1. The van der Waals surface area contributed by atoms with E-state index in [0.717, 1.165) is 38.3 Å². The number of rotatable bonds is 3. The molecule has 0 bridgehead atoms. The van der Waals surface area contributed by atoms with E-state index in [4.69, 9.17) is 5.73 Å². The van der Waals surface area contributed by atoms with E-state index in [1.54, 1.807) is 42.5 Å². The lowest BCUT2D eigenvalue weighted by atomic mass is 10.2. The summed E-state index contributed by atoms with van der Waals surface area (Å²) in [4.78, 5) is 2.66. The molecular formula is C17H21N3O2S. The van der Waals surface area contributed by atoms with Crippen LogP contribution in [0.5, 0.6) is 0 Å². The maximum Gasteiger partial charge on any atom is 0.208 e. The first-order chi connectivity index (χ1) is 11.1. The van der Waals surface area contributed by atoms with Gasteiger partial charge in [0.2, 0.25) is 9.84 Å². The zero-order valence-electron chi connectivity index (χ0n) is 12.9. The second-order valence-electron chi connectivity index (χ2n) is 5.63. The molecule has 0 radical (unpaired) electrons. The van der Waals surface area contributed by atoms with Crippen molar-refractivity contribution in [3.05, 3.63) is 48.5 Å². The Bertz CT molecular complexity index is 768. The van der Waals surface area contributed by atoms with Crippen LogP contribution < -0.4 is 16.0 Å². The minimum absolute atomic E-state index is 0.167. The molecule has 0 spiro atoms. The van der Waals surface area contributed by atoms with E-state index in [0.29, 0.717) is 5.69 Å². The summed E-state index contributed by atoms with van der Waals surface area (Å²) in [6.07, 6.45) is 1.06. The van der Waals surface area contributed by atoms with E-state index in [-0.39, 0.29) is 9.79 Å². The van der Waals surface area contributed by atoms with Gasteiger partial charge in [-0.15, -0.1) is 0 Å². The van der Waals surface area contributed by atoms with Gasteiger partial charge in [-0.05, 0) is 43.3 Å². The Morgan fingerprint density at radius 2 is 1.78 bits per heavy atom. The van der Waals surface area contributed by atoms with Crippen LogP contribution in [-0.4, -0.2) is 34.6 Å². The molecule has 3 N–H and O–H groups in total. The molecule has 1 heterocycles. The average Bonchev–Trinajstić information content (AvgIpc) is 2.84. The van der Waals surface area contributed by atoms with Crippen molar-refractivity contribution in [1.29, 1.82) is 0 Å². The molecule has 2 aromatic rings.